The van der Waals surface area contributed by atoms with E-state index in [2.05, 4.69) is 6.08 Å². The molecule has 3 aliphatic rings. The van der Waals surface area contributed by atoms with E-state index in [0.717, 1.165) is 61.8 Å². The van der Waals surface area contributed by atoms with Crippen molar-refractivity contribution in [3.8, 4) is 5.75 Å². The van der Waals surface area contributed by atoms with E-state index in [1.54, 1.807) is 6.92 Å². The second-order valence-corrected chi connectivity index (χ2v) is 8.89. The molecule has 1 fully saturated rings. The van der Waals surface area contributed by atoms with E-state index in [4.69, 9.17) is 4.74 Å². The summed E-state index contributed by atoms with van der Waals surface area (Å²) >= 11 is 0. The first-order valence-corrected chi connectivity index (χ1v) is 11.0. The van der Waals surface area contributed by atoms with Crippen molar-refractivity contribution in [1.82, 2.24) is 9.80 Å². The van der Waals surface area contributed by atoms with E-state index in [9.17, 15) is 9.59 Å². The van der Waals surface area contributed by atoms with Crippen LogP contribution in [-0.2, 0) is 16.1 Å². The fourth-order valence-corrected chi connectivity index (χ4v) is 5.03. The van der Waals surface area contributed by atoms with Gasteiger partial charge in [0, 0.05) is 37.7 Å². The number of allylic oxidation sites excluding steroid dienone is 1. The molecule has 2 amide bonds. The molecular formula is C24H32N2O3. The predicted molar refractivity (Wildman–Crippen MR) is 112 cm³/mol. The number of carbonyl (C=O) groups excluding carboxylic acids is 2. The maximum absolute atomic E-state index is 12.9. The first-order valence-electron chi connectivity index (χ1n) is 11.0. The van der Waals surface area contributed by atoms with Crippen molar-refractivity contribution in [2.75, 3.05) is 13.6 Å². The van der Waals surface area contributed by atoms with Crippen molar-refractivity contribution < 1.29 is 14.3 Å². The maximum Gasteiger partial charge on any atom is 0.249 e. The summed E-state index contributed by atoms with van der Waals surface area (Å²) in [4.78, 5) is 29.0. The molecule has 0 bridgehead atoms. The van der Waals surface area contributed by atoms with E-state index < -0.39 is 0 Å². The molecule has 2 aliphatic carbocycles. The Labute approximate surface area is 173 Å². The molecule has 5 nitrogen and oxygen atoms in total. The topological polar surface area (TPSA) is 49.9 Å². The molecule has 29 heavy (non-hydrogen) atoms. The molecule has 0 radical (unpaired) electrons. The molecule has 1 heterocycles. The van der Waals surface area contributed by atoms with E-state index in [-0.39, 0.29) is 23.5 Å². The molecular weight excluding hydrogens is 364 g/mol. The van der Waals surface area contributed by atoms with Gasteiger partial charge in [0.05, 0.1) is 6.54 Å². The van der Waals surface area contributed by atoms with E-state index in [1.165, 1.54) is 6.42 Å². The second kappa shape index (κ2) is 8.21. The minimum atomic E-state index is -0.358. The summed E-state index contributed by atoms with van der Waals surface area (Å²) in [5, 5.41) is 0. The van der Waals surface area contributed by atoms with Gasteiger partial charge in [-0.2, -0.15) is 0 Å². The van der Waals surface area contributed by atoms with Crippen molar-refractivity contribution in [3.05, 3.63) is 41.5 Å². The van der Waals surface area contributed by atoms with Crippen LogP contribution in [0.25, 0.3) is 0 Å². The zero-order valence-corrected chi connectivity index (χ0v) is 17.7. The summed E-state index contributed by atoms with van der Waals surface area (Å²) in [7, 11) is 1.95. The van der Waals surface area contributed by atoms with Gasteiger partial charge in [-0.1, -0.05) is 24.3 Å². The third kappa shape index (κ3) is 4.19. The largest absolute Gasteiger partial charge is 0.485 e. The fourth-order valence-electron chi connectivity index (χ4n) is 5.03. The van der Waals surface area contributed by atoms with E-state index in [1.807, 2.05) is 41.1 Å². The summed E-state index contributed by atoms with van der Waals surface area (Å²) in [6.07, 6.45) is 9.89. The van der Waals surface area contributed by atoms with Crippen LogP contribution in [0.3, 0.4) is 0 Å². The van der Waals surface area contributed by atoms with Crippen LogP contribution in [-0.4, -0.2) is 46.8 Å². The summed E-state index contributed by atoms with van der Waals surface area (Å²) in [5.74, 6) is 1.18. The Morgan fingerprint density at radius 1 is 1.17 bits per heavy atom. The van der Waals surface area contributed by atoms with Crippen LogP contribution >= 0.6 is 0 Å². The van der Waals surface area contributed by atoms with E-state index in [0.29, 0.717) is 13.1 Å². The number of hydrogen-bond acceptors (Lipinski definition) is 3. The van der Waals surface area contributed by atoms with Crippen molar-refractivity contribution in [2.45, 2.75) is 76.5 Å². The lowest BCUT2D eigenvalue weighted by Crippen LogP contribution is -2.52. The van der Waals surface area contributed by atoms with Gasteiger partial charge < -0.3 is 14.5 Å². The SMILES string of the molecule is CC(=O)N1Cc2ccccc2OC2(CCC(N(C)C(=O)C3=CCCCC3)CC2)C1. The van der Waals surface area contributed by atoms with Crippen molar-refractivity contribution in [3.63, 3.8) is 0 Å². The number of rotatable bonds is 2. The molecule has 0 N–H and O–H groups in total. The van der Waals surface area contributed by atoms with Crippen LogP contribution < -0.4 is 4.74 Å². The molecule has 0 atom stereocenters. The highest BCUT2D eigenvalue weighted by Gasteiger charge is 2.43. The van der Waals surface area contributed by atoms with Gasteiger partial charge >= 0.3 is 0 Å². The minimum absolute atomic E-state index is 0.0864. The lowest BCUT2D eigenvalue weighted by Gasteiger charge is -2.43. The number of para-hydroxylation sites is 1. The van der Waals surface area contributed by atoms with Crippen molar-refractivity contribution in [2.24, 2.45) is 0 Å². The highest BCUT2D eigenvalue weighted by molar-refractivity contribution is 5.93. The molecule has 1 aromatic rings. The fraction of sp³-hybridized carbons (Fsp3) is 0.583. The average molecular weight is 397 g/mol. The van der Waals surface area contributed by atoms with E-state index >= 15 is 0 Å². The third-order valence-corrected chi connectivity index (χ3v) is 6.88. The Morgan fingerprint density at radius 3 is 2.62 bits per heavy atom. The third-order valence-electron chi connectivity index (χ3n) is 6.88. The molecule has 1 saturated carbocycles. The number of ether oxygens (including phenoxy) is 1. The van der Waals surface area contributed by atoms with Crippen molar-refractivity contribution in [1.29, 1.82) is 0 Å². The number of hydrogen-bond donors (Lipinski definition) is 0. The number of likely N-dealkylation sites (N-methyl/N-ethyl adjacent to an activating group) is 1. The standard InChI is InChI=1S/C24H32N2O3/c1-18(27)26-16-20-10-6-7-11-22(20)29-24(17-26)14-12-21(13-15-24)25(2)23(28)19-8-4-3-5-9-19/h6-8,10-11,21H,3-5,9,12-17H2,1-2H3. The van der Waals surface area contributed by atoms with Gasteiger partial charge in [-0.05, 0) is 57.4 Å². The van der Waals surface area contributed by atoms with Gasteiger partial charge in [0.15, 0.2) is 0 Å². The van der Waals surface area contributed by atoms with Crippen LogP contribution in [0.5, 0.6) is 5.75 Å². The van der Waals surface area contributed by atoms with Gasteiger partial charge in [0.2, 0.25) is 11.8 Å². The zero-order chi connectivity index (χ0) is 20.4. The number of carbonyl (C=O) groups is 2. The molecule has 1 spiro atoms. The highest BCUT2D eigenvalue weighted by Crippen LogP contribution is 2.39. The number of benzene rings is 1. The summed E-state index contributed by atoms with van der Waals surface area (Å²) in [6, 6.07) is 8.28. The minimum Gasteiger partial charge on any atom is -0.485 e. The summed E-state index contributed by atoms with van der Waals surface area (Å²) in [6.45, 7) is 2.85. The molecule has 0 saturated heterocycles. The van der Waals surface area contributed by atoms with Crippen LogP contribution in [0.4, 0.5) is 0 Å². The Hall–Kier alpha value is -2.30. The summed E-state index contributed by atoms with van der Waals surface area (Å²) in [5.41, 5.74) is 1.70. The van der Waals surface area contributed by atoms with Crippen molar-refractivity contribution >= 4 is 11.8 Å². The molecule has 0 aromatic heterocycles. The number of amides is 2. The van der Waals surface area contributed by atoms with Crippen LogP contribution in [0.15, 0.2) is 35.9 Å². The molecule has 156 valence electrons. The maximum atomic E-state index is 12.9. The zero-order valence-electron chi connectivity index (χ0n) is 17.7. The molecule has 5 heteroatoms. The lowest BCUT2D eigenvalue weighted by atomic mass is 9.80. The molecule has 0 unspecified atom stereocenters. The highest BCUT2D eigenvalue weighted by atomic mass is 16.5. The van der Waals surface area contributed by atoms with Crippen LogP contribution in [0, 0.1) is 0 Å². The molecule has 1 aromatic carbocycles. The van der Waals surface area contributed by atoms with Gasteiger partial charge in [0.1, 0.15) is 11.4 Å². The Balaban J connectivity index is 1.47. The molecule has 4 rings (SSSR count). The smallest absolute Gasteiger partial charge is 0.249 e. The molecule has 1 aliphatic heterocycles. The van der Waals surface area contributed by atoms with Gasteiger partial charge in [-0.25, -0.2) is 0 Å². The Kier molecular flexibility index (Phi) is 5.66. The Bertz CT molecular complexity index is 808. The van der Waals surface area contributed by atoms with Gasteiger partial charge in [-0.3, -0.25) is 9.59 Å². The number of fused-ring (bicyclic) bond motifs is 1. The average Bonchev–Trinajstić information content (AvgIpc) is 2.90. The first-order chi connectivity index (χ1) is 14.0. The first kappa shape index (κ1) is 20.0. The predicted octanol–water partition coefficient (Wildman–Crippen LogP) is 4.07. The van der Waals surface area contributed by atoms with Crippen LogP contribution in [0.2, 0.25) is 0 Å². The monoisotopic (exact) mass is 396 g/mol. The normalized spacial score (nSPS) is 26.8. The Morgan fingerprint density at radius 2 is 1.93 bits per heavy atom. The van der Waals surface area contributed by atoms with Gasteiger partial charge in [0.25, 0.3) is 0 Å². The number of nitrogens with zero attached hydrogens (tertiary/aromatic N) is 2. The quantitative estimate of drug-likeness (QED) is 0.757. The van der Waals surface area contributed by atoms with Gasteiger partial charge in [-0.15, -0.1) is 0 Å². The second-order valence-electron chi connectivity index (χ2n) is 8.89. The lowest BCUT2D eigenvalue weighted by molar-refractivity contribution is -0.133. The summed E-state index contributed by atoms with van der Waals surface area (Å²) < 4.78 is 6.56. The van der Waals surface area contributed by atoms with Crippen LogP contribution in [0.1, 0.15) is 63.9 Å².